The van der Waals surface area contributed by atoms with Gasteiger partial charge in [-0.05, 0) is 36.8 Å². The largest absolute Gasteiger partial charge is 0.488 e. The molecular weight excluding hydrogens is 470 g/mol. The number of urea groups is 1. The topological polar surface area (TPSA) is 141 Å². The van der Waals surface area contributed by atoms with Crippen molar-refractivity contribution >= 4 is 29.7 Å². The number of carbonyl (C=O) groups excluding carboxylic acids is 3. The Morgan fingerprint density at radius 2 is 1.89 bits per heavy atom. The van der Waals surface area contributed by atoms with Crippen molar-refractivity contribution in [3.05, 3.63) is 98.6 Å². The molecule has 0 atom stereocenters. The average molecular weight is 491 g/mol. The van der Waals surface area contributed by atoms with E-state index in [1.165, 1.54) is 43.5 Å². The molecule has 1 aliphatic heterocycles. The van der Waals surface area contributed by atoms with Gasteiger partial charge in [-0.1, -0.05) is 29.8 Å². The molecule has 0 spiro atoms. The van der Waals surface area contributed by atoms with E-state index in [2.05, 4.69) is 10.1 Å². The number of hydrogen-bond donors (Lipinski definition) is 1. The SMILES string of the molecule is COC(=O)c1ccc(CN2C(=O)N/C(=C\c3cc([N+](=O)[O-])ccc3OCc3ccc(C)cc3)C2=O)o1. The van der Waals surface area contributed by atoms with Gasteiger partial charge in [-0.3, -0.25) is 19.8 Å². The number of rotatable bonds is 8. The number of benzene rings is 2. The van der Waals surface area contributed by atoms with Gasteiger partial charge in [-0.25, -0.2) is 9.59 Å². The van der Waals surface area contributed by atoms with Crippen LogP contribution in [0.2, 0.25) is 0 Å². The van der Waals surface area contributed by atoms with Gasteiger partial charge in [0.15, 0.2) is 0 Å². The molecule has 3 aromatic rings. The molecule has 36 heavy (non-hydrogen) atoms. The molecule has 1 N–H and O–H groups in total. The van der Waals surface area contributed by atoms with Crippen LogP contribution < -0.4 is 10.1 Å². The highest BCUT2D eigenvalue weighted by atomic mass is 16.6. The zero-order valence-corrected chi connectivity index (χ0v) is 19.3. The first kappa shape index (κ1) is 24.2. The number of furan rings is 1. The second-order valence-electron chi connectivity index (χ2n) is 7.89. The van der Waals surface area contributed by atoms with Crippen LogP contribution in [0.5, 0.6) is 5.75 Å². The Bertz CT molecular complexity index is 1370. The van der Waals surface area contributed by atoms with E-state index in [1.807, 2.05) is 31.2 Å². The monoisotopic (exact) mass is 491 g/mol. The van der Waals surface area contributed by atoms with Crippen LogP contribution >= 0.6 is 0 Å². The summed E-state index contributed by atoms with van der Waals surface area (Å²) in [6.45, 7) is 1.93. The molecule has 3 amide bonds. The van der Waals surface area contributed by atoms with Crippen LogP contribution in [0, 0.1) is 17.0 Å². The second kappa shape index (κ2) is 10.1. The number of aryl methyl sites for hydroxylation is 1. The molecule has 4 rings (SSSR count). The molecule has 2 heterocycles. The normalized spacial score (nSPS) is 14.2. The predicted molar refractivity (Wildman–Crippen MR) is 126 cm³/mol. The molecule has 1 aliphatic rings. The number of methoxy groups -OCH3 is 1. The number of non-ortho nitro benzene ring substituents is 1. The Kier molecular flexibility index (Phi) is 6.81. The second-order valence-corrected chi connectivity index (χ2v) is 7.89. The minimum atomic E-state index is -0.713. The third-order valence-corrected chi connectivity index (χ3v) is 5.34. The maximum atomic E-state index is 12.9. The number of nitro benzene ring substituents is 1. The molecule has 184 valence electrons. The van der Waals surface area contributed by atoms with Crippen LogP contribution in [0.1, 0.15) is 33.0 Å². The molecule has 11 nitrogen and oxygen atoms in total. The Morgan fingerprint density at radius 3 is 2.58 bits per heavy atom. The minimum absolute atomic E-state index is 0.0673. The average Bonchev–Trinajstić information content (AvgIpc) is 3.44. The van der Waals surface area contributed by atoms with Crippen LogP contribution in [-0.4, -0.2) is 34.8 Å². The van der Waals surface area contributed by atoms with Crippen molar-refractivity contribution in [2.24, 2.45) is 0 Å². The summed E-state index contributed by atoms with van der Waals surface area (Å²) < 4.78 is 15.8. The summed E-state index contributed by atoms with van der Waals surface area (Å²) in [7, 11) is 1.20. The maximum Gasteiger partial charge on any atom is 0.373 e. The molecule has 1 fully saturated rings. The number of esters is 1. The number of nitrogens with zero attached hydrogens (tertiary/aromatic N) is 2. The lowest BCUT2D eigenvalue weighted by molar-refractivity contribution is -0.384. The Morgan fingerprint density at radius 1 is 1.14 bits per heavy atom. The van der Waals surface area contributed by atoms with E-state index in [9.17, 15) is 24.5 Å². The van der Waals surface area contributed by atoms with E-state index in [0.717, 1.165) is 16.0 Å². The number of carbonyl (C=O) groups is 3. The van der Waals surface area contributed by atoms with Gasteiger partial charge in [0.1, 0.15) is 23.8 Å². The Balaban J connectivity index is 1.57. The molecule has 0 radical (unpaired) electrons. The smallest absolute Gasteiger partial charge is 0.373 e. The molecule has 11 heteroatoms. The zero-order valence-electron chi connectivity index (χ0n) is 19.3. The predicted octanol–water partition coefficient (Wildman–Crippen LogP) is 3.95. The van der Waals surface area contributed by atoms with Crippen LogP contribution in [0.15, 0.2) is 64.7 Å². The zero-order chi connectivity index (χ0) is 25.8. The molecule has 0 unspecified atom stereocenters. The van der Waals surface area contributed by atoms with Gasteiger partial charge in [0, 0.05) is 17.7 Å². The lowest BCUT2D eigenvalue weighted by atomic mass is 10.1. The third-order valence-electron chi connectivity index (χ3n) is 5.34. The summed E-state index contributed by atoms with van der Waals surface area (Å²) in [6.07, 6.45) is 1.32. The molecule has 0 aliphatic carbocycles. The van der Waals surface area contributed by atoms with Gasteiger partial charge in [-0.15, -0.1) is 0 Å². The number of nitro groups is 1. The first-order chi connectivity index (χ1) is 17.2. The van der Waals surface area contributed by atoms with Crippen molar-refractivity contribution in [2.75, 3.05) is 7.11 Å². The van der Waals surface area contributed by atoms with E-state index < -0.39 is 22.8 Å². The Hall–Kier alpha value is -4.93. The number of ether oxygens (including phenoxy) is 2. The van der Waals surface area contributed by atoms with Crippen LogP contribution in [0.25, 0.3) is 6.08 Å². The van der Waals surface area contributed by atoms with Crippen LogP contribution in [-0.2, 0) is 22.7 Å². The van der Waals surface area contributed by atoms with Crippen molar-refractivity contribution in [1.29, 1.82) is 0 Å². The maximum absolute atomic E-state index is 12.9. The highest BCUT2D eigenvalue weighted by Gasteiger charge is 2.34. The number of hydrogen-bond acceptors (Lipinski definition) is 8. The highest BCUT2D eigenvalue weighted by Crippen LogP contribution is 2.28. The number of nitrogens with one attached hydrogen (secondary N) is 1. The molecule has 0 bridgehead atoms. The van der Waals surface area contributed by atoms with E-state index >= 15 is 0 Å². The van der Waals surface area contributed by atoms with Gasteiger partial charge in [-0.2, -0.15) is 0 Å². The number of amides is 3. The van der Waals surface area contributed by atoms with Gasteiger partial charge in [0.2, 0.25) is 5.76 Å². The van der Waals surface area contributed by atoms with E-state index in [-0.39, 0.29) is 41.6 Å². The lowest BCUT2D eigenvalue weighted by Gasteiger charge is -2.11. The lowest BCUT2D eigenvalue weighted by Crippen LogP contribution is -2.30. The van der Waals surface area contributed by atoms with E-state index in [4.69, 9.17) is 9.15 Å². The van der Waals surface area contributed by atoms with E-state index in [0.29, 0.717) is 5.75 Å². The summed E-state index contributed by atoms with van der Waals surface area (Å²) in [5.74, 6) is -0.947. The van der Waals surface area contributed by atoms with Crippen molar-refractivity contribution in [3.63, 3.8) is 0 Å². The summed E-state index contributed by atoms with van der Waals surface area (Å²) in [5, 5.41) is 13.8. The molecule has 2 aromatic carbocycles. The van der Waals surface area contributed by atoms with Gasteiger partial charge in [0.05, 0.1) is 18.6 Å². The summed E-state index contributed by atoms with van der Waals surface area (Å²) in [4.78, 5) is 48.6. The minimum Gasteiger partial charge on any atom is -0.488 e. The van der Waals surface area contributed by atoms with Gasteiger partial charge in [0.25, 0.3) is 11.6 Å². The van der Waals surface area contributed by atoms with Crippen molar-refractivity contribution in [2.45, 2.75) is 20.1 Å². The third kappa shape index (κ3) is 5.25. The van der Waals surface area contributed by atoms with Gasteiger partial charge >= 0.3 is 12.0 Å². The van der Waals surface area contributed by atoms with Crippen molar-refractivity contribution in [3.8, 4) is 5.75 Å². The van der Waals surface area contributed by atoms with E-state index in [1.54, 1.807) is 0 Å². The molecule has 1 aromatic heterocycles. The molecule has 1 saturated heterocycles. The standard InChI is InChI=1S/C25H21N3O8/c1-15-3-5-16(6-4-15)14-35-21-9-7-18(28(32)33)11-17(21)12-20-23(29)27(25(31)26-20)13-19-8-10-22(36-19)24(30)34-2/h3-12H,13-14H2,1-2H3,(H,26,31)/b20-12-. The number of imide groups is 1. The fourth-order valence-corrected chi connectivity index (χ4v) is 3.44. The van der Waals surface area contributed by atoms with Crippen molar-refractivity contribution < 1.29 is 33.2 Å². The summed E-state index contributed by atoms with van der Waals surface area (Å²) in [5.41, 5.74) is 1.92. The van der Waals surface area contributed by atoms with Gasteiger partial charge < -0.3 is 19.2 Å². The van der Waals surface area contributed by atoms with Crippen molar-refractivity contribution in [1.82, 2.24) is 10.2 Å². The summed E-state index contributed by atoms with van der Waals surface area (Å²) in [6, 6.07) is 13.8. The fraction of sp³-hybridized carbons (Fsp3) is 0.160. The first-order valence-electron chi connectivity index (χ1n) is 10.7. The first-order valence-corrected chi connectivity index (χ1v) is 10.7. The molecular formula is C25H21N3O8. The Labute approximate surface area is 205 Å². The highest BCUT2D eigenvalue weighted by molar-refractivity contribution is 6.14. The van der Waals surface area contributed by atoms with Crippen LogP contribution in [0.3, 0.4) is 0 Å². The quantitative estimate of drug-likeness (QED) is 0.164. The van der Waals surface area contributed by atoms with Crippen LogP contribution in [0.4, 0.5) is 10.5 Å². The molecule has 0 saturated carbocycles. The summed E-state index contributed by atoms with van der Waals surface area (Å²) >= 11 is 0. The fourth-order valence-electron chi connectivity index (χ4n) is 3.44.